The summed E-state index contributed by atoms with van der Waals surface area (Å²) in [6.45, 7) is 0. The van der Waals surface area contributed by atoms with Crippen molar-refractivity contribution in [1.82, 2.24) is 4.98 Å². The lowest BCUT2D eigenvalue weighted by Crippen LogP contribution is -2.17. The van der Waals surface area contributed by atoms with Gasteiger partial charge in [0.05, 0.1) is 4.90 Å². The van der Waals surface area contributed by atoms with Crippen LogP contribution >= 0.6 is 15.9 Å². The summed E-state index contributed by atoms with van der Waals surface area (Å²) in [4.78, 5) is 30.1. The quantitative estimate of drug-likeness (QED) is 0.224. The van der Waals surface area contributed by atoms with Gasteiger partial charge in [0.15, 0.2) is 5.78 Å². The van der Waals surface area contributed by atoms with Gasteiger partial charge in [-0.05, 0) is 57.4 Å². The maximum atomic E-state index is 13.0. The number of primary sulfonamides is 1. The van der Waals surface area contributed by atoms with Crippen LogP contribution in [0.25, 0.3) is 11.1 Å². The number of nitrogens with two attached hydrogens (primary N) is 2. The average Bonchev–Trinajstić information content (AvgIpc) is 2.86. The zero-order valence-electron chi connectivity index (χ0n) is 18.8. The van der Waals surface area contributed by atoms with Gasteiger partial charge in [-0.3, -0.25) is 9.59 Å². The van der Waals surface area contributed by atoms with E-state index in [1.54, 1.807) is 72.9 Å². The standard InChI is InChI=1S/C26H21BrN4O4S/c27-19-10-12-25(30-15-19)31-26(33)22-14-20(28)11-9-18(22)13-23(32)17-7-5-16(6-8-17)21-3-1-2-4-24(21)36(29,34)35/h1-12,14-15H,13,28H2,(H2,29,34,35)(H,30,31,33). The Kier molecular flexibility index (Phi) is 7.30. The van der Waals surface area contributed by atoms with E-state index in [0.717, 1.165) is 4.47 Å². The molecular formula is C26H21BrN4O4S. The van der Waals surface area contributed by atoms with Crippen molar-refractivity contribution < 1.29 is 18.0 Å². The lowest BCUT2D eigenvalue weighted by molar-refractivity contribution is 0.0992. The Morgan fingerprint density at radius 1 is 0.944 bits per heavy atom. The number of nitrogens with one attached hydrogen (secondary N) is 1. The van der Waals surface area contributed by atoms with Crippen LogP contribution in [0.15, 0.2) is 94.4 Å². The molecule has 1 amide bonds. The molecule has 182 valence electrons. The summed E-state index contributed by atoms with van der Waals surface area (Å²) < 4.78 is 24.6. The Hall–Kier alpha value is -3.86. The molecule has 0 bridgehead atoms. The molecule has 0 saturated heterocycles. The van der Waals surface area contributed by atoms with E-state index in [1.165, 1.54) is 12.1 Å². The van der Waals surface area contributed by atoms with Crippen LogP contribution in [0.1, 0.15) is 26.3 Å². The van der Waals surface area contributed by atoms with Gasteiger partial charge < -0.3 is 11.1 Å². The van der Waals surface area contributed by atoms with Crippen LogP contribution in [0.2, 0.25) is 0 Å². The number of Topliss-reactive ketones (excluding diaryl/α,β-unsaturated/α-hetero) is 1. The van der Waals surface area contributed by atoms with Crippen molar-refractivity contribution in [3.05, 3.63) is 106 Å². The van der Waals surface area contributed by atoms with Gasteiger partial charge in [-0.2, -0.15) is 0 Å². The highest BCUT2D eigenvalue weighted by molar-refractivity contribution is 9.10. The fourth-order valence-corrected chi connectivity index (χ4v) is 4.65. The second kappa shape index (κ2) is 10.4. The number of ketones is 1. The lowest BCUT2D eigenvalue weighted by Gasteiger charge is -2.11. The molecule has 0 saturated carbocycles. The highest BCUT2D eigenvalue weighted by Crippen LogP contribution is 2.27. The maximum absolute atomic E-state index is 13.0. The van der Waals surface area contributed by atoms with E-state index in [-0.39, 0.29) is 22.7 Å². The van der Waals surface area contributed by atoms with E-state index < -0.39 is 15.9 Å². The van der Waals surface area contributed by atoms with E-state index in [4.69, 9.17) is 10.9 Å². The Morgan fingerprint density at radius 2 is 1.67 bits per heavy atom. The molecule has 4 aromatic rings. The fourth-order valence-electron chi connectivity index (χ4n) is 3.66. The van der Waals surface area contributed by atoms with Gasteiger partial charge in [0, 0.05) is 39.5 Å². The first kappa shape index (κ1) is 25.2. The Morgan fingerprint density at radius 3 is 2.33 bits per heavy atom. The second-order valence-corrected chi connectivity index (χ2v) is 10.4. The first-order valence-corrected chi connectivity index (χ1v) is 13.0. The van der Waals surface area contributed by atoms with E-state index in [1.807, 2.05) is 0 Å². The summed E-state index contributed by atoms with van der Waals surface area (Å²) in [6, 6.07) is 21.1. The number of nitrogen functional groups attached to an aromatic ring is 1. The predicted molar refractivity (Wildman–Crippen MR) is 142 cm³/mol. The number of nitrogens with zero attached hydrogens (tertiary/aromatic N) is 1. The van der Waals surface area contributed by atoms with E-state index >= 15 is 0 Å². The van der Waals surface area contributed by atoms with Crippen molar-refractivity contribution >= 4 is 49.1 Å². The molecule has 10 heteroatoms. The van der Waals surface area contributed by atoms with Gasteiger partial charge >= 0.3 is 0 Å². The number of benzene rings is 3. The number of hydrogen-bond acceptors (Lipinski definition) is 6. The number of hydrogen-bond donors (Lipinski definition) is 3. The van der Waals surface area contributed by atoms with Crippen LogP contribution in [0, 0.1) is 0 Å². The molecule has 3 aromatic carbocycles. The predicted octanol–water partition coefficient (Wildman–Crippen LogP) is 4.42. The number of sulfonamides is 1. The molecule has 0 fully saturated rings. The minimum Gasteiger partial charge on any atom is -0.399 e. The fraction of sp³-hybridized carbons (Fsp3) is 0.0385. The molecule has 5 N–H and O–H groups in total. The highest BCUT2D eigenvalue weighted by Gasteiger charge is 2.18. The van der Waals surface area contributed by atoms with Crippen molar-refractivity contribution in [2.75, 3.05) is 11.1 Å². The summed E-state index contributed by atoms with van der Waals surface area (Å²) in [5.74, 6) is -0.296. The summed E-state index contributed by atoms with van der Waals surface area (Å²) in [6.07, 6.45) is 1.52. The number of anilines is 2. The summed E-state index contributed by atoms with van der Waals surface area (Å²) in [5.41, 5.74) is 8.51. The van der Waals surface area contributed by atoms with Crippen molar-refractivity contribution in [2.45, 2.75) is 11.3 Å². The molecule has 8 nitrogen and oxygen atoms in total. The Balaban J connectivity index is 1.56. The summed E-state index contributed by atoms with van der Waals surface area (Å²) >= 11 is 3.30. The van der Waals surface area contributed by atoms with E-state index in [9.17, 15) is 18.0 Å². The third-order valence-corrected chi connectivity index (χ3v) is 6.85. The van der Waals surface area contributed by atoms with Crippen LogP contribution in [-0.2, 0) is 16.4 Å². The smallest absolute Gasteiger partial charge is 0.257 e. The van der Waals surface area contributed by atoms with Crippen LogP contribution in [0.5, 0.6) is 0 Å². The number of carbonyl (C=O) groups excluding carboxylic acids is 2. The molecule has 0 radical (unpaired) electrons. The van der Waals surface area contributed by atoms with Crippen LogP contribution in [-0.4, -0.2) is 25.1 Å². The summed E-state index contributed by atoms with van der Waals surface area (Å²) in [7, 11) is -3.91. The third-order valence-electron chi connectivity index (χ3n) is 5.41. The van der Waals surface area contributed by atoms with Crippen molar-refractivity contribution in [1.29, 1.82) is 0 Å². The summed E-state index contributed by atoms with van der Waals surface area (Å²) in [5, 5.41) is 8.05. The third kappa shape index (κ3) is 5.85. The highest BCUT2D eigenvalue weighted by atomic mass is 79.9. The molecule has 0 unspecified atom stereocenters. The molecule has 36 heavy (non-hydrogen) atoms. The molecule has 0 aliphatic heterocycles. The molecular weight excluding hydrogens is 544 g/mol. The average molecular weight is 565 g/mol. The maximum Gasteiger partial charge on any atom is 0.257 e. The first-order valence-electron chi connectivity index (χ1n) is 10.7. The van der Waals surface area contributed by atoms with Gasteiger partial charge in [-0.15, -0.1) is 0 Å². The minimum atomic E-state index is -3.91. The lowest BCUT2D eigenvalue weighted by atomic mass is 9.96. The SMILES string of the molecule is Nc1ccc(CC(=O)c2ccc(-c3ccccc3S(N)(=O)=O)cc2)c(C(=O)Nc2ccc(Br)cn2)c1. The largest absolute Gasteiger partial charge is 0.399 e. The van der Waals surface area contributed by atoms with Gasteiger partial charge in [0.2, 0.25) is 10.0 Å². The van der Waals surface area contributed by atoms with Gasteiger partial charge in [0.25, 0.3) is 5.91 Å². The molecule has 0 spiro atoms. The normalized spacial score (nSPS) is 11.2. The minimum absolute atomic E-state index is 0.00173. The first-order chi connectivity index (χ1) is 17.1. The number of pyridine rings is 1. The van der Waals surface area contributed by atoms with Crippen molar-refractivity contribution in [3.8, 4) is 11.1 Å². The number of halogens is 1. The topological polar surface area (TPSA) is 145 Å². The second-order valence-electron chi connectivity index (χ2n) is 7.95. The number of amides is 1. The molecule has 0 aliphatic rings. The van der Waals surface area contributed by atoms with Crippen LogP contribution in [0.3, 0.4) is 0 Å². The van der Waals surface area contributed by atoms with Crippen molar-refractivity contribution in [2.24, 2.45) is 5.14 Å². The van der Waals surface area contributed by atoms with Crippen molar-refractivity contribution in [3.63, 3.8) is 0 Å². The van der Waals surface area contributed by atoms with Gasteiger partial charge in [-0.25, -0.2) is 18.5 Å². The van der Waals surface area contributed by atoms with Crippen LogP contribution < -0.4 is 16.2 Å². The zero-order chi connectivity index (χ0) is 25.9. The molecule has 0 aliphatic carbocycles. The van der Waals surface area contributed by atoms with Gasteiger partial charge in [0.1, 0.15) is 5.82 Å². The zero-order valence-corrected chi connectivity index (χ0v) is 21.2. The molecule has 1 aromatic heterocycles. The number of carbonyl (C=O) groups is 2. The van der Waals surface area contributed by atoms with E-state index in [0.29, 0.717) is 33.8 Å². The van der Waals surface area contributed by atoms with Gasteiger partial charge in [-0.1, -0.05) is 48.5 Å². The van der Waals surface area contributed by atoms with E-state index in [2.05, 4.69) is 26.2 Å². The Labute approximate surface area is 216 Å². The molecule has 1 heterocycles. The molecule has 4 rings (SSSR count). The number of aromatic nitrogens is 1. The Bertz CT molecular complexity index is 1550. The molecule has 0 atom stereocenters. The monoisotopic (exact) mass is 564 g/mol. The van der Waals surface area contributed by atoms with Crippen LogP contribution in [0.4, 0.5) is 11.5 Å². The number of rotatable bonds is 7.